The van der Waals surface area contributed by atoms with Crippen LogP contribution >= 0.6 is 24.0 Å². The van der Waals surface area contributed by atoms with Crippen LogP contribution in [-0.4, -0.2) is 32.6 Å². The molecule has 0 saturated carbocycles. The minimum atomic E-state index is -3.71. The Morgan fingerprint density at radius 1 is 1.24 bits per heavy atom. The zero-order chi connectivity index (χ0) is 20.9. The molecule has 5 N–H and O–H groups in total. The van der Waals surface area contributed by atoms with Gasteiger partial charge >= 0.3 is 0 Å². The number of aliphatic hydroxyl groups is 1. The number of hydrogen-bond donors (Lipinski definition) is 4. The van der Waals surface area contributed by atoms with Gasteiger partial charge in [-0.05, 0) is 51.5 Å². The molecule has 0 fully saturated rings. The van der Waals surface area contributed by atoms with Gasteiger partial charge in [0.2, 0.25) is 10.0 Å². The largest absolute Gasteiger partial charge is 0.466 e. The highest BCUT2D eigenvalue weighted by atomic mass is 127. The van der Waals surface area contributed by atoms with Crippen LogP contribution in [0.5, 0.6) is 0 Å². The van der Waals surface area contributed by atoms with Gasteiger partial charge in [0.25, 0.3) is 0 Å². The fourth-order valence-corrected chi connectivity index (χ4v) is 3.33. The summed E-state index contributed by atoms with van der Waals surface area (Å²) in [7, 11) is -3.71. The van der Waals surface area contributed by atoms with Gasteiger partial charge in [0.15, 0.2) is 5.96 Å². The van der Waals surface area contributed by atoms with Gasteiger partial charge in [0.05, 0.1) is 18.0 Å². The van der Waals surface area contributed by atoms with Gasteiger partial charge in [-0.1, -0.05) is 12.1 Å². The Morgan fingerprint density at radius 3 is 2.34 bits per heavy atom. The lowest BCUT2D eigenvalue weighted by molar-refractivity contribution is 0.0601. The molecule has 162 valence electrons. The second kappa shape index (κ2) is 10.4. The number of hydrogen-bond acceptors (Lipinski definition) is 5. The Balaban J connectivity index is 0.00000420. The predicted octanol–water partition coefficient (Wildman–Crippen LogP) is 2.12. The number of nitrogens with one attached hydrogen (secondary N) is 2. The summed E-state index contributed by atoms with van der Waals surface area (Å²) in [5.74, 6) is 1.97. The smallest absolute Gasteiger partial charge is 0.238 e. The van der Waals surface area contributed by atoms with E-state index in [1.54, 1.807) is 19.1 Å². The Labute approximate surface area is 189 Å². The fraction of sp³-hybridized carbons (Fsp3) is 0.421. The Morgan fingerprint density at radius 2 is 1.86 bits per heavy atom. The molecule has 0 aliphatic rings. The Bertz CT molecular complexity index is 938. The first kappa shape index (κ1) is 25.4. The molecule has 0 aliphatic heterocycles. The third kappa shape index (κ3) is 7.28. The maximum Gasteiger partial charge on any atom is 0.238 e. The zero-order valence-electron chi connectivity index (χ0n) is 17.0. The zero-order valence-corrected chi connectivity index (χ0v) is 20.2. The van der Waals surface area contributed by atoms with E-state index in [0.29, 0.717) is 24.8 Å². The Kier molecular flexibility index (Phi) is 9.12. The van der Waals surface area contributed by atoms with E-state index in [0.717, 1.165) is 16.9 Å². The normalized spacial score (nSPS) is 14.1. The van der Waals surface area contributed by atoms with Crippen molar-refractivity contribution in [3.05, 3.63) is 53.0 Å². The number of aliphatic imine (C=N–C) groups is 1. The lowest BCUT2D eigenvalue weighted by Gasteiger charge is -2.24. The number of guanidine groups is 1. The monoisotopic (exact) mass is 536 g/mol. The fourth-order valence-electron chi connectivity index (χ4n) is 2.81. The summed E-state index contributed by atoms with van der Waals surface area (Å²) >= 11 is 0. The number of halogens is 1. The summed E-state index contributed by atoms with van der Waals surface area (Å²) in [4.78, 5) is 4.54. The lowest BCUT2D eigenvalue weighted by Crippen LogP contribution is -2.44. The highest BCUT2D eigenvalue weighted by Crippen LogP contribution is 2.26. The first-order valence-corrected chi connectivity index (χ1v) is 10.5. The molecule has 8 nitrogen and oxygen atoms in total. The molecule has 1 unspecified atom stereocenters. The number of nitrogens with zero attached hydrogens (tertiary/aromatic N) is 1. The van der Waals surface area contributed by atoms with Crippen LogP contribution in [-0.2, 0) is 22.2 Å². The second-order valence-corrected chi connectivity index (χ2v) is 8.40. The molecule has 1 atom stereocenters. The second-order valence-electron chi connectivity index (χ2n) is 6.84. The summed E-state index contributed by atoms with van der Waals surface area (Å²) < 4.78 is 28.1. The molecule has 29 heavy (non-hydrogen) atoms. The predicted molar refractivity (Wildman–Crippen MR) is 124 cm³/mol. The highest BCUT2D eigenvalue weighted by Gasteiger charge is 2.27. The molecule has 0 spiro atoms. The van der Waals surface area contributed by atoms with E-state index in [9.17, 15) is 13.5 Å². The summed E-state index contributed by atoms with van der Waals surface area (Å²) in [6.45, 7) is 8.55. The molecular formula is C19H29IN4O4S. The first-order chi connectivity index (χ1) is 13.0. The molecule has 0 saturated heterocycles. The minimum Gasteiger partial charge on any atom is -0.466 e. The van der Waals surface area contributed by atoms with Gasteiger partial charge in [0, 0.05) is 12.1 Å². The maximum atomic E-state index is 11.3. The lowest BCUT2D eigenvalue weighted by atomic mass is 9.96. The number of benzene rings is 1. The van der Waals surface area contributed by atoms with E-state index < -0.39 is 15.6 Å². The summed E-state index contributed by atoms with van der Waals surface area (Å²) in [5.41, 5.74) is 0.430. The number of nitrogens with two attached hydrogens (primary N) is 1. The van der Waals surface area contributed by atoms with Crippen LogP contribution in [0.2, 0.25) is 0 Å². The molecule has 1 heterocycles. The van der Waals surface area contributed by atoms with E-state index in [-0.39, 0.29) is 35.4 Å². The van der Waals surface area contributed by atoms with Gasteiger partial charge in [-0.25, -0.2) is 18.5 Å². The summed E-state index contributed by atoms with van der Waals surface area (Å²) in [5, 5.41) is 22.2. The van der Waals surface area contributed by atoms with Crippen LogP contribution in [0.3, 0.4) is 0 Å². The highest BCUT2D eigenvalue weighted by molar-refractivity contribution is 14.0. The maximum absolute atomic E-state index is 11.3. The third-order valence-corrected chi connectivity index (χ3v) is 5.17. The molecule has 2 aromatic rings. The van der Waals surface area contributed by atoms with Gasteiger partial charge in [0.1, 0.15) is 17.1 Å². The van der Waals surface area contributed by atoms with Gasteiger partial charge in [-0.15, -0.1) is 24.0 Å². The molecule has 0 bridgehead atoms. The standard InChI is InChI=1S/C19H28N4O4S.HI/c1-5-21-18(22-11-15-6-8-16(9-7-15)28(20,25)26)23-12-19(4,24)17-10-13(2)27-14(17)3;/h6-10,24H,5,11-12H2,1-4H3,(H2,20,25,26)(H2,21,22,23);1H. The number of sulfonamides is 1. The van der Waals surface area contributed by atoms with E-state index >= 15 is 0 Å². The summed E-state index contributed by atoms with van der Waals surface area (Å²) in [6, 6.07) is 8.07. The topological polar surface area (TPSA) is 130 Å². The molecular weight excluding hydrogens is 507 g/mol. The van der Waals surface area contributed by atoms with Gasteiger partial charge < -0.3 is 20.2 Å². The van der Waals surface area contributed by atoms with Crippen LogP contribution in [0.4, 0.5) is 0 Å². The third-order valence-electron chi connectivity index (χ3n) is 4.24. The van der Waals surface area contributed by atoms with Crippen LogP contribution in [0.15, 0.2) is 44.6 Å². The number of aryl methyl sites for hydroxylation is 2. The average Bonchev–Trinajstić information content (AvgIpc) is 2.96. The molecule has 0 radical (unpaired) electrons. The van der Waals surface area contributed by atoms with Crippen molar-refractivity contribution in [2.45, 2.75) is 44.7 Å². The average molecular weight is 536 g/mol. The molecule has 2 rings (SSSR count). The molecule has 10 heteroatoms. The SMILES string of the molecule is CCNC(=NCc1ccc(S(N)(=O)=O)cc1)NCC(C)(O)c1cc(C)oc1C.I. The van der Waals surface area contributed by atoms with Crippen molar-refractivity contribution < 1.29 is 17.9 Å². The Hall–Kier alpha value is -1.63. The van der Waals surface area contributed by atoms with Crippen LogP contribution in [0.25, 0.3) is 0 Å². The van der Waals surface area contributed by atoms with E-state index in [1.807, 2.05) is 26.8 Å². The van der Waals surface area contributed by atoms with E-state index in [1.165, 1.54) is 12.1 Å². The minimum absolute atomic E-state index is 0. The van der Waals surface area contributed by atoms with Crippen molar-refractivity contribution >= 4 is 40.0 Å². The van der Waals surface area contributed by atoms with Crippen molar-refractivity contribution in [1.29, 1.82) is 0 Å². The quantitative estimate of drug-likeness (QED) is 0.244. The summed E-state index contributed by atoms with van der Waals surface area (Å²) in [6.07, 6.45) is 0. The van der Waals surface area contributed by atoms with Gasteiger partial charge in [-0.2, -0.15) is 0 Å². The number of rotatable bonds is 7. The van der Waals surface area contributed by atoms with Gasteiger partial charge in [-0.3, -0.25) is 0 Å². The van der Waals surface area contributed by atoms with E-state index in [4.69, 9.17) is 9.56 Å². The van der Waals surface area contributed by atoms with Crippen molar-refractivity contribution in [3.8, 4) is 0 Å². The number of furan rings is 1. The van der Waals surface area contributed by atoms with E-state index in [2.05, 4.69) is 15.6 Å². The van der Waals surface area contributed by atoms with Crippen LogP contribution < -0.4 is 15.8 Å². The van der Waals surface area contributed by atoms with Crippen LogP contribution in [0.1, 0.15) is 36.5 Å². The number of primary sulfonamides is 1. The molecule has 0 aliphatic carbocycles. The molecule has 1 aromatic carbocycles. The first-order valence-electron chi connectivity index (χ1n) is 8.96. The van der Waals surface area contributed by atoms with Crippen LogP contribution in [0, 0.1) is 13.8 Å². The van der Waals surface area contributed by atoms with Crippen molar-refractivity contribution in [1.82, 2.24) is 10.6 Å². The molecule has 0 amide bonds. The molecule has 1 aromatic heterocycles. The van der Waals surface area contributed by atoms with Crippen molar-refractivity contribution in [2.75, 3.05) is 13.1 Å². The van der Waals surface area contributed by atoms with Crippen molar-refractivity contribution in [3.63, 3.8) is 0 Å². The van der Waals surface area contributed by atoms with Crippen molar-refractivity contribution in [2.24, 2.45) is 10.1 Å².